The summed E-state index contributed by atoms with van der Waals surface area (Å²) in [5.74, 6) is -0.215. The number of hydrogen-bond donors (Lipinski definition) is 2. The van der Waals surface area contributed by atoms with E-state index in [0.29, 0.717) is 11.6 Å². The largest absolute Gasteiger partial charge is 0.366 e. The Morgan fingerprint density at radius 2 is 1.55 bits per heavy atom. The number of anilines is 1. The van der Waals surface area contributed by atoms with Gasteiger partial charge in [0.05, 0.1) is 4.90 Å². The third-order valence-corrected chi connectivity index (χ3v) is 4.68. The molecule has 0 spiro atoms. The van der Waals surface area contributed by atoms with Gasteiger partial charge in [0.1, 0.15) is 0 Å². The van der Waals surface area contributed by atoms with Crippen LogP contribution in [0.2, 0.25) is 0 Å². The Morgan fingerprint density at radius 3 is 2.00 bits per heavy atom. The van der Waals surface area contributed by atoms with Crippen LogP contribution in [0.5, 0.6) is 0 Å². The number of benzene rings is 2. The van der Waals surface area contributed by atoms with Gasteiger partial charge >= 0.3 is 0 Å². The molecule has 5 nitrogen and oxygen atoms in total. The molecule has 2 aromatic rings. The predicted molar refractivity (Wildman–Crippen MR) is 86.3 cm³/mol. The van der Waals surface area contributed by atoms with Crippen LogP contribution in [0.15, 0.2) is 53.4 Å². The van der Waals surface area contributed by atoms with Gasteiger partial charge < -0.3 is 5.73 Å². The first-order chi connectivity index (χ1) is 10.3. The van der Waals surface area contributed by atoms with Gasteiger partial charge in [-0.05, 0) is 47.9 Å². The van der Waals surface area contributed by atoms with E-state index in [4.69, 9.17) is 5.73 Å². The van der Waals surface area contributed by atoms with Gasteiger partial charge in [-0.2, -0.15) is 0 Å². The maximum absolute atomic E-state index is 12.3. The van der Waals surface area contributed by atoms with Crippen molar-refractivity contribution < 1.29 is 13.2 Å². The van der Waals surface area contributed by atoms with Gasteiger partial charge in [0.2, 0.25) is 5.91 Å². The molecule has 0 heterocycles. The summed E-state index contributed by atoms with van der Waals surface area (Å²) < 4.78 is 27.1. The van der Waals surface area contributed by atoms with Crippen LogP contribution in [-0.2, 0) is 10.0 Å². The number of primary amides is 1. The highest BCUT2D eigenvalue weighted by Crippen LogP contribution is 2.20. The Labute approximate surface area is 130 Å². The molecule has 1 amide bonds. The number of rotatable bonds is 5. The lowest BCUT2D eigenvalue weighted by atomic mass is 10.0. The van der Waals surface area contributed by atoms with Crippen molar-refractivity contribution in [2.24, 2.45) is 5.73 Å². The summed E-state index contributed by atoms with van der Waals surface area (Å²) in [6, 6.07) is 12.7. The van der Waals surface area contributed by atoms with Crippen molar-refractivity contribution in [1.82, 2.24) is 0 Å². The average Bonchev–Trinajstić information content (AvgIpc) is 2.47. The second-order valence-electron chi connectivity index (χ2n) is 5.27. The topological polar surface area (TPSA) is 89.3 Å². The van der Waals surface area contributed by atoms with Crippen molar-refractivity contribution in [3.8, 4) is 0 Å². The van der Waals surface area contributed by atoms with Crippen LogP contribution in [0.3, 0.4) is 0 Å². The van der Waals surface area contributed by atoms with Gasteiger partial charge in [-0.3, -0.25) is 9.52 Å². The van der Waals surface area contributed by atoms with Crippen LogP contribution in [-0.4, -0.2) is 14.3 Å². The third kappa shape index (κ3) is 3.65. The highest BCUT2D eigenvalue weighted by atomic mass is 32.2. The van der Waals surface area contributed by atoms with E-state index in [1.54, 1.807) is 12.1 Å². The zero-order chi connectivity index (χ0) is 16.3. The molecular weight excluding hydrogens is 300 g/mol. The van der Waals surface area contributed by atoms with E-state index in [-0.39, 0.29) is 10.5 Å². The molecule has 0 aliphatic heterocycles. The highest BCUT2D eigenvalue weighted by molar-refractivity contribution is 7.92. The minimum Gasteiger partial charge on any atom is -0.366 e. The Bertz CT molecular complexity index is 764. The first-order valence-electron chi connectivity index (χ1n) is 6.82. The third-order valence-electron chi connectivity index (χ3n) is 3.28. The second kappa shape index (κ2) is 6.19. The quantitative estimate of drug-likeness (QED) is 0.888. The van der Waals surface area contributed by atoms with Crippen molar-refractivity contribution in [3.63, 3.8) is 0 Å². The molecule has 6 heteroatoms. The summed E-state index contributed by atoms with van der Waals surface area (Å²) >= 11 is 0. The number of nitrogens with one attached hydrogen (secondary N) is 1. The summed E-state index contributed by atoms with van der Waals surface area (Å²) in [5.41, 5.74) is 7.02. The van der Waals surface area contributed by atoms with E-state index >= 15 is 0 Å². The fourth-order valence-electron chi connectivity index (χ4n) is 1.95. The average molecular weight is 318 g/mol. The van der Waals surface area contributed by atoms with E-state index < -0.39 is 15.9 Å². The summed E-state index contributed by atoms with van der Waals surface area (Å²) in [7, 11) is -3.69. The van der Waals surface area contributed by atoms with Crippen molar-refractivity contribution >= 4 is 21.6 Å². The molecule has 0 bridgehead atoms. The van der Waals surface area contributed by atoms with Crippen LogP contribution in [0.25, 0.3) is 0 Å². The molecule has 2 rings (SSSR count). The number of carbonyl (C=O) groups is 1. The molecule has 0 unspecified atom stereocenters. The first-order valence-corrected chi connectivity index (χ1v) is 8.30. The van der Waals surface area contributed by atoms with E-state index in [1.807, 2.05) is 12.1 Å². The van der Waals surface area contributed by atoms with Gasteiger partial charge in [0.25, 0.3) is 10.0 Å². The zero-order valence-electron chi connectivity index (χ0n) is 12.4. The number of hydrogen-bond acceptors (Lipinski definition) is 3. The number of amides is 1. The molecule has 2 aromatic carbocycles. The van der Waals surface area contributed by atoms with Gasteiger partial charge in [-0.1, -0.05) is 26.0 Å². The Kier molecular flexibility index (Phi) is 4.51. The van der Waals surface area contributed by atoms with Crippen LogP contribution in [0.1, 0.15) is 35.7 Å². The van der Waals surface area contributed by atoms with E-state index in [0.717, 1.165) is 5.56 Å². The SMILES string of the molecule is CC(C)c1ccc(NS(=O)(=O)c2ccc(C(N)=O)cc2)cc1. The minimum atomic E-state index is -3.69. The molecule has 0 aromatic heterocycles. The normalized spacial score (nSPS) is 11.4. The van der Waals surface area contributed by atoms with Crippen molar-refractivity contribution in [1.29, 1.82) is 0 Å². The van der Waals surface area contributed by atoms with E-state index in [2.05, 4.69) is 18.6 Å². The molecule has 0 aliphatic rings. The maximum atomic E-state index is 12.3. The van der Waals surface area contributed by atoms with Crippen LogP contribution < -0.4 is 10.5 Å². The van der Waals surface area contributed by atoms with Gasteiger partial charge in [-0.25, -0.2) is 8.42 Å². The summed E-state index contributed by atoms with van der Waals surface area (Å²) in [6.07, 6.45) is 0. The highest BCUT2D eigenvalue weighted by Gasteiger charge is 2.14. The lowest BCUT2D eigenvalue weighted by Crippen LogP contribution is -2.14. The van der Waals surface area contributed by atoms with Crippen LogP contribution in [0, 0.1) is 0 Å². The fourth-order valence-corrected chi connectivity index (χ4v) is 3.01. The molecule has 0 saturated carbocycles. The van der Waals surface area contributed by atoms with Crippen molar-refractivity contribution in [2.45, 2.75) is 24.7 Å². The summed E-state index contributed by atoms with van der Waals surface area (Å²) in [4.78, 5) is 11.1. The fraction of sp³-hybridized carbons (Fsp3) is 0.188. The molecule has 0 aliphatic carbocycles. The molecule has 0 atom stereocenters. The van der Waals surface area contributed by atoms with Crippen LogP contribution in [0.4, 0.5) is 5.69 Å². The van der Waals surface area contributed by atoms with Gasteiger partial charge in [-0.15, -0.1) is 0 Å². The molecular formula is C16H18N2O3S. The second-order valence-corrected chi connectivity index (χ2v) is 6.95. The molecule has 116 valence electrons. The summed E-state index contributed by atoms with van der Waals surface area (Å²) in [5, 5.41) is 0. The smallest absolute Gasteiger partial charge is 0.261 e. The lowest BCUT2D eigenvalue weighted by molar-refractivity contribution is 0.1000. The molecule has 0 saturated heterocycles. The summed E-state index contributed by atoms with van der Waals surface area (Å²) in [6.45, 7) is 4.14. The number of carbonyl (C=O) groups excluding carboxylic acids is 1. The lowest BCUT2D eigenvalue weighted by Gasteiger charge is -2.10. The Balaban J connectivity index is 2.21. The standard InChI is InChI=1S/C16H18N2O3S/c1-11(2)12-3-7-14(8-4-12)18-22(20,21)15-9-5-13(6-10-15)16(17)19/h3-11,18H,1-2H3,(H2,17,19). The van der Waals surface area contributed by atoms with Crippen molar-refractivity contribution in [3.05, 3.63) is 59.7 Å². The van der Waals surface area contributed by atoms with Gasteiger partial charge in [0, 0.05) is 11.3 Å². The van der Waals surface area contributed by atoms with Crippen LogP contribution >= 0.6 is 0 Å². The first kappa shape index (κ1) is 16.0. The number of sulfonamides is 1. The van der Waals surface area contributed by atoms with E-state index in [1.165, 1.54) is 24.3 Å². The van der Waals surface area contributed by atoms with Crippen molar-refractivity contribution in [2.75, 3.05) is 4.72 Å². The zero-order valence-corrected chi connectivity index (χ0v) is 13.2. The van der Waals surface area contributed by atoms with E-state index in [9.17, 15) is 13.2 Å². The predicted octanol–water partition coefficient (Wildman–Crippen LogP) is 2.71. The molecule has 0 fully saturated rings. The molecule has 3 N–H and O–H groups in total. The molecule has 0 radical (unpaired) electrons. The molecule has 22 heavy (non-hydrogen) atoms. The number of nitrogens with two attached hydrogens (primary N) is 1. The monoisotopic (exact) mass is 318 g/mol. The Morgan fingerprint density at radius 1 is 1.00 bits per heavy atom. The maximum Gasteiger partial charge on any atom is 0.261 e. The minimum absolute atomic E-state index is 0.0745. The Hall–Kier alpha value is -2.34. The van der Waals surface area contributed by atoms with Gasteiger partial charge in [0.15, 0.2) is 0 Å².